The number of ether oxygens (including phenoxy) is 5. The minimum Gasteiger partial charge on any atom is -0.445 e. The first-order valence-corrected chi connectivity index (χ1v) is 14.4. The lowest BCUT2D eigenvalue weighted by atomic mass is 9.96. The first kappa shape index (κ1) is 30.4. The fourth-order valence-corrected chi connectivity index (χ4v) is 4.93. The van der Waals surface area contributed by atoms with Gasteiger partial charge in [-0.15, -0.1) is 0 Å². The van der Waals surface area contributed by atoms with Crippen molar-refractivity contribution >= 4 is 6.09 Å². The Morgan fingerprint density at radius 2 is 1.02 bits per heavy atom. The number of nitrogens with one attached hydrogen (secondary N) is 1. The van der Waals surface area contributed by atoms with Gasteiger partial charge in [0.25, 0.3) is 0 Å². The van der Waals surface area contributed by atoms with Gasteiger partial charge < -0.3 is 34.1 Å². The Morgan fingerprint density at radius 1 is 0.605 bits per heavy atom. The molecule has 5 atom stereocenters. The van der Waals surface area contributed by atoms with Crippen LogP contribution in [0.5, 0.6) is 0 Å². The third-order valence-corrected chi connectivity index (χ3v) is 7.15. The average Bonchev–Trinajstić information content (AvgIpc) is 3.07. The highest BCUT2D eigenvalue weighted by Crippen LogP contribution is 2.29. The number of carbonyl (C=O) groups excluding carboxylic acids is 1. The highest BCUT2D eigenvalue weighted by Gasteiger charge is 2.49. The van der Waals surface area contributed by atoms with E-state index in [1.54, 1.807) is 0 Å². The number of rotatable bonds is 13. The molecule has 0 radical (unpaired) electrons. The molecule has 0 aromatic heterocycles. The summed E-state index contributed by atoms with van der Waals surface area (Å²) >= 11 is 0. The predicted octanol–water partition coefficient (Wildman–Crippen LogP) is 5.39. The van der Waals surface area contributed by atoms with E-state index in [2.05, 4.69) is 5.32 Å². The normalized spacial score (nSPS) is 21.7. The average molecular weight is 584 g/mol. The molecule has 224 valence electrons. The first-order valence-electron chi connectivity index (χ1n) is 14.4. The number of aliphatic hydroxyl groups is 1. The molecule has 0 unspecified atom stereocenters. The van der Waals surface area contributed by atoms with Gasteiger partial charge in [-0.3, -0.25) is 0 Å². The molecule has 4 aromatic rings. The molecule has 1 aliphatic rings. The third-order valence-electron chi connectivity index (χ3n) is 7.15. The van der Waals surface area contributed by atoms with E-state index in [1.807, 2.05) is 121 Å². The number of hydrogen-bond acceptors (Lipinski definition) is 7. The predicted molar refractivity (Wildman–Crippen MR) is 161 cm³/mol. The number of alkyl carbamates (subject to hydrolysis) is 1. The second-order valence-electron chi connectivity index (χ2n) is 10.3. The van der Waals surface area contributed by atoms with Crippen molar-refractivity contribution in [3.05, 3.63) is 144 Å². The highest BCUT2D eigenvalue weighted by atomic mass is 16.7. The van der Waals surface area contributed by atoms with E-state index in [9.17, 15) is 9.90 Å². The second-order valence-corrected chi connectivity index (χ2v) is 10.3. The van der Waals surface area contributed by atoms with Gasteiger partial charge in [-0.25, -0.2) is 4.79 Å². The summed E-state index contributed by atoms with van der Waals surface area (Å²) in [5.74, 6) is 0. The monoisotopic (exact) mass is 583 g/mol. The first-order chi connectivity index (χ1) is 21.2. The quantitative estimate of drug-likeness (QED) is 0.218. The van der Waals surface area contributed by atoms with E-state index < -0.39 is 36.7 Å². The topological polar surface area (TPSA) is 95.5 Å². The van der Waals surface area contributed by atoms with Gasteiger partial charge in [0.2, 0.25) is 0 Å². The summed E-state index contributed by atoms with van der Waals surface area (Å²) in [6.45, 7) is 0.496. The molecule has 1 aliphatic heterocycles. The maximum atomic E-state index is 13.2. The van der Waals surface area contributed by atoms with Crippen LogP contribution in [0, 0.1) is 0 Å². The van der Waals surface area contributed by atoms with Crippen LogP contribution in [-0.2, 0) is 50.1 Å². The Bertz CT molecular complexity index is 1360. The van der Waals surface area contributed by atoms with Crippen LogP contribution < -0.4 is 5.32 Å². The SMILES string of the molecule is O=C(N[C@@H]1[C@@H](OCc2ccccc2)O[C@H](CO)[C@@H](OCc2ccccc2)[C@@H]1OCc1ccccc1)OCc1ccccc1. The molecule has 0 bridgehead atoms. The molecular formula is C35H37NO7. The maximum Gasteiger partial charge on any atom is 0.407 e. The Hall–Kier alpha value is -4.05. The van der Waals surface area contributed by atoms with Crippen molar-refractivity contribution in [2.75, 3.05) is 6.61 Å². The van der Waals surface area contributed by atoms with Crippen molar-refractivity contribution in [1.82, 2.24) is 5.32 Å². The van der Waals surface area contributed by atoms with Crippen molar-refractivity contribution in [3.63, 3.8) is 0 Å². The molecule has 0 saturated carbocycles. The number of hydrogen-bond donors (Lipinski definition) is 2. The summed E-state index contributed by atoms with van der Waals surface area (Å²) in [5, 5.41) is 13.4. The van der Waals surface area contributed by atoms with E-state index >= 15 is 0 Å². The molecule has 1 saturated heterocycles. The van der Waals surface area contributed by atoms with E-state index in [-0.39, 0.29) is 33.0 Å². The van der Waals surface area contributed by atoms with Crippen LogP contribution in [-0.4, -0.2) is 48.5 Å². The van der Waals surface area contributed by atoms with Crippen LogP contribution in [0.4, 0.5) is 4.79 Å². The molecule has 1 heterocycles. The van der Waals surface area contributed by atoms with E-state index in [0.717, 1.165) is 22.3 Å². The van der Waals surface area contributed by atoms with Crippen LogP contribution in [0.15, 0.2) is 121 Å². The van der Waals surface area contributed by atoms with E-state index in [1.165, 1.54) is 0 Å². The van der Waals surface area contributed by atoms with Gasteiger partial charge in [0, 0.05) is 0 Å². The van der Waals surface area contributed by atoms with Gasteiger partial charge in [0.1, 0.15) is 31.0 Å². The van der Waals surface area contributed by atoms with Crippen LogP contribution >= 0.6 is 0 Å². The maximum absolute atomic E-state index is 13.2. The zero-order valence-electron chi connectivity index (χ0n) is 23.9. The Labute approximate surface area is 252 Å². The fraction of sp³-hybridized carbons (Fsp3) is 0.286. The van der Waals surface area contributed by atoms with Crippen LogP contribution in [0.1, 0.15) is 22.3 Å². The minimum atomic E-state index is -0.959. The molecule has 4 aromatic carbocycles. The molecule has 1 fully saturated rings. The highest BCUT2D eigenvalue weighted by molar-refractivity contribution is 5.67. The summed E-state index contributed by atoms with van der Waals surface area (Å²) in [5.41, 5.74) is 3.69. The van der Waals surface area contributed by atoms with Crippen molar-refractivity contribution in [3.8, 4) is 0 Å². The van der Waals surface area contributed by atoms with Crippen molar-refractivity contribution in [2.45, 2.75) is 57.1 Å². The van der Waals surface area contributed by atoms with Crippen molar-refractivity contribution in [2.24, 2.45) is 0 Å². The van der Waals surface area contributed by atoms with Gasteiger partial charge >= 0.3 is 6.09 Å². The van der Waals surface area contributed by atoms with Crippen molar-refractivity contribution in [1.29, 1.82) is 0 Å². The molecule has 8 nitrogen and oxygen atoms in total. The molecule has 2 N–H and O–H groups in total. The summed E-state index contributed by atoms with van der Waals surface area (Å²) < 4.78 is 30.9. The number of aliphatic hydroxyl groups excluding tert-OH is 1. The van der Waals surface area contributed by atoms with Crippen LogP contribution in [0.3, 0.4) is 0 Å². The zero-order valence-corrected chi connectivity index (χ0v) is 23.9. The van der Waals surface area contributed by atoms with Crippen molar-refractivity contribution < 1.29 is 33.6 Å². The fourth-order valence-electron chi connectivity index (χ4n) is 4.93. The van der Waals surface area contributed by atoms with Gasteiger partial charge in [-0.1, -0.05) is 121 Å². The molecule has 43 heavy (non-hydrogen) atoms. The Kier molecular flexibility index (Phi) is 11.3. The summed E-state index contributed by atoms with van der Waals surface area (Å²) in [6.07, 6.45) is -3.87. The van der Waals surface area contributed by atoms with Gasteiger partial charge in [-0.2, -0.15) is 0 Å². The summed E-state index contributed by atoms with van der Waals surface area (Å²) in [7, 11) is 0. The Balaban J connectivity index is 1.39. The Morgan fingerprint density at radius 3 is 1.49 bits per heavy atom. The summed E-state index contributed by atoms with van der Waals surface area (Å²) in [4.78, 5) is 13.2. The largest absolute Gasteiger partial charge is 0.445 e. The van der Waals surface area contributed by atoms with Crippen LogP contribution in [0.25, 0.3) is 0 Å². The third kappa shape index (κ3) is 8.97. The molecule has 0 aliphatic carbocycles. The molecule has 0 spiro atoms. The molecule has 5 rings (SSSR count). The van der Waals surface area contributed by atoms with E-state index in [4.69, 9.17) is 23.7 Å². The lowest BCUT2D eigenvalue weighted by Crippen LogP contribution is -2.66. The van der Waals surface area contributed by atoms with Crippen LogP contribution in [0.2, 0.25) is 0 Å². The lowest BCUT2D eigenvalue weighted by molar-refractivity contribution is -0.290. The van der Waals surface area contributed by atoms with E-state index in [0.29, 0.717) is 0 Å². The second kappa shape index (κ2) is 16.0. The standard InChI is InChI=1S/C35H37NO7/c37-21-30-32(39-22-26-13-5-1-6-14-26)33(40-23-27-15-7-2-8-16-27)31(34(43-30)41-24-28-17-9-3-10-18-28)36-35(38)42-25-29-19-11-4-12-20-29/h1-20,30-34,37H,21-25H2,(H,36,38)/t30-,31+,32-,33-,34+/m1/s1. The molecular weight excluding hydrogens is 546 g/mol. The van der Waals surface area contributed by atoms with Gasteiger partial charge in [0.05, 0.1) is 26.4 Å². The smallest absolute Gasteiger partial charge is 0.407 e. The lowest BCUT2D eigenvalue weighted by Gasteiger charge is -2.45. The number of amides is 1. The zero-order chi connectivity index (χ0) is 29.7. The minimum absolute atomic E-state index is 0.0958. The molecule has 8 heteroatoms. The number of carbonyl (C=O) groups is 1. The molecule has 1 amide bonds. The van der Waals surface area contributed by atoms with Gasteiger partial charge in [-0.05, 0) is 22.3 Å². The summed E-state index contributed by atoms with van der Waals surface area (Å²) in [6, 6.07) is 37.7. The van der Waals surface area contributed by atoms with Gasteiger partial charge in [0.15, 0.2) is 6.29 Å². The number of benzene rings is 4.